The van der Waals surface area contributed by atoms with E-state index in [0.717, 1.165) is 29.7 Å². The zero-order valence-electron chi connectivity index (χ0n) is 19.3. The summed E-state index contributed by atoms with van der Waals surface area (Å²) in [4.78, 5) is 26.8. The van der Waals surface area contributed by atoms with Crippen molar-refractivity contribution in [2.24, 2.45) is 5.41 Å². The van der Waals surface area contributed by atoms with Crippen LogP contribution in [0.4, 0.5) is 22.0 Å². The lowest BCUT2D eigenvalue weighted by atomic mass is 9.62. The molecule has 0 saturated carbocycles. The number of amides is 2. The molecule has 11 heteroatoms. The molecule has 4 rings (SSSR count). The van der Waals surface area contributed by atoms with E-state index in [0.29, 0.717) is 12.6 Å². The Bertz CT molecular complexity index is 1130. The summed E-state index contributed by atoms with van der Waals surface area (Å²) in [5.74, 6) is -3.07. The first-order chi connectivity index (χ1) is 16.9. The van der Waals surface area contributed by atoms with E-state index in [1.54, 1.807) is 12.1 Å². The number of halogens is 6. The van der Waals surface area contributed by atoms with Crippen LogP contribution in [0.2, 0.25) is 0 Å². The monoisotopic (exact) mass is 574 g/mol. The van der Waals surface area contributed by atoms with Crippen LogP contribution in [0.3, 0.4) is 0 Å². The van der Waals surface area contributed by atoms with Crippen molar-refractivity contribution in [2.45, 2.75) is 37.0 Å². The minimum Gasteiger partial charge on any atom is -0.356 e. The molecule has 2 amide bonds. The van der Waals surface area contributed by atoms with Gasteiger partial charge in [0.05, 0.1) is 0 Å². The number of rotatable bonds is 4. The molecule has 2 aromatic rings. The summed E-state index contributed by atoms with van der Waals surface area (Å²) in [7, 11) is 0.770. The third-order valence-corrected chi connectivity index (χ3v) is 7.81. The topological polar surface area (TPSA) is 58.6 Å². The number of alkyl halides is 3. The van der Waals surface area contributed by atoms with Gasteiger partial charge in [0.25, 0.3) is 11.5 Å². The maximum absolute atomic E-state index is 14.5. The summed E-state index contributed by atoms with van der Waals surface area (Å²) in [5, 5.41) is 2.81. The molecule has 2 atom stereocenters. The van der Waals surface area contributed by atoms with Gasteiger partial charge in [0.1, 0.15) is 11.6 Å². The van der Waals surface area contributed by atoms with Gasteiger partial charge in [-0.15, -0.1) is 0 Å². The second-order valence-corrected chi connectivity index (χ2v) is 10.2. The highest BCUT2D eigenvalue weighted by molar-refractivity contribution is 9.10. The smallest absolute Gasteiger partial charge is 0.356 e. The SMILES string of the molecule is CO[C@](C(=O)N1CCC2(CC1)CC(=O)NC[C@H]2c1ccc(F)cc1)(c1cc(F)cc(Br)c1)C(F)(F)F. The molecule has 0 bridgehead atoms. The van der Waals surface area contributed by atoms with Gasteiger partial charge in [-0.25, -0.2) is 8.78 Å². The van der Waals surface area contributed by atoms with Gasteiger partial charge in [-0.3, -0.25) is 9.59 Å². The van der Waals surface area contributed by atoms with E-state index < -0.39 is 40.3 Å². The van der Waals surface area contributed by atoms with Crippen molar-refractivity contribution < 1.29 is 36.3 Å². The molecule has 1 N–H and O–H groups in total. The quantitative estimate of drug-likeness (QED) is 0.520. The van der Waals surface area contributed by atoms with E-state index in [2.05, 4.69) is 21.2 Å². The van der Waals surface area contributed by atoms with Crippen molar-refractivity contribution in [2.75, 3.05) is 26.7 Å². The van der Waals surface area contributed by atoms with E-state index in [1.165, 1.54) is 12.1 Å². The number of ether oxygens (including phenoxy) is 1. The van der Waals surface area contributed by atoms with Crippen molar-refractivity contribution in [1.82, 2.24) is 10.2 Å². The summed E-state index contributed by atoms with van der Waals surface area (Å²) in [6, 6.07) is 8.56. The fourth-order valence-electron chi connectivity index (χ4n) is 5.49. The third kappa shape index (κ3) is 4.63. The van der Waals surface area contributed by atoms with E-state index in [9.17, 15) is 31.5 Å². The van der Waals surface area contributed by atoms with Crippen molar-refractivity contribution in [1.29, 1.82) is 0 Å². The summed E-state index contributed by atoms with van der Waals surface area (Å²) >= 11 is 2.98. The van der Waals surface area contributed by atoms with Gasteiger partial charge >= 0.3 is 6.18 Å². The maximum Gasteiger partial charge on any atom is 0.430 e. The van der Waals surface area contributed by atoms with E-state index >= 15 is 0 Å². The first-order valence-electron chi connectivity index (χ1n) is 11.3. The normalized spacial score (nSPS) is 21.7. The largest absolute Gasteiger partial charge is 0.430 e. The molecule has 194 valence electrons. The third-order valence-electron chi connectivity index (χ3n) is 7.35. The van der Waals surface area contributed by atoms with Crippen LogP contribution < -0.4 is 5.32 Å². The molecule has 2 aliphatic heterocycles. The zero-order chi connectivity index (χ0) is 26.3. The number of methoxy groups -OCH3 is 1. The number of nitrogens with one attached hydrogen (secondary N) is 1. The Morgan fingerprint density at radius 3 is 2.28 bits per heavy atom. The van der Waals surface area contributed by atoms with E-state index in [4.69, 9.17) is 4.74 Å². The van der Waals surface area contributed by atoms with Gasteiger partial charge in [-0.2, -0.15) is 13.2 Å². The van der Waals surface area contributed by atoms with Gasteiger partial charge < -0.3 is 15.0 Å². The van der Waals surface area contributed by atoms with Crippen LogP contribution >= 0.6 is 15.9 Å². The molecule has 5 nitrogen and oxygen atoms in total. The Morgan fingerprint density at radius 1 is 1.08 bits per heavy atom. The molecule has 2 saturated heterocycles. The summed E-state index contributed by atoms with van der Waals surface area (Å²) < 4.78 is 75.8. The highest BCUT2D eigenvalue weighted by Crippen LogP contribution is 2.50. The number of likely N-dealkylation sites (tertiary alicyclic amines) is 1. The molecular weight excluding hydrogens is 551 g/mol. The molecule has 2 fully saturated rings. The van der Waals surface area contributed by atoms with Crippen molar-refractivity contribution in [3.63, 3.8) is 0 Å². The lowest BCUT2D eigenvalue weighted by Crippen LogP contribution is -2.60. The van der Waals surface area contributed by atoms with Crippen molar-refractivity contribution in [3.05, 3.63) is 69.7 Å². The Kier molecular flexibility index (Phi) is 7.18. The second kappa shape index (κ2) is 9.74. The highest BCUT2D eigenvalue weighted by atomic mass is 79.9. The standard InChI is InChI=1S/C25H24BrF5N2O3/c1-36-24(25(29,30)31,16-10-17(26)12-19(28)11-16)22(35)33-8-6-23(7-9-33)13-21(34)32-14-20(23)15-2-4-18(27)5-3-15/h2-5,10-12,20H,6-9,13-14H2,1H3,(H,32,34)/t20-,24-/m0/s1. The summed E-state index contributed by atoms with van der Waals surface area (Å²) in [6.07, 6.45) is -4.51. The molecule has 36 heavy (non-hydrogen) atoms. The van der Waals surface area contributed by atoms with Crippen LogP contribution in [0.15, 0.2) is 46.9 Å². The van der Waals surface area contributed by atoms with Gasteiger partial charge in [0, 0.05) is 49.1 Å². The molecular formula is C25H24BrF5N2O3. The van der Waals surface area contributed by atoms with Crippen molar-refractivity contribution in [3.8, 4) is 0 Å². The van der Waals surface area contributed by atoms with Crippen LogP contribution in [0, 0.1) is 17.0 Å². The number of nitrogens with zero attached hydrogens (tertiary/aromatic N) is 1. The van der Waals surface area contributed by atoms with E-state index in [-0.39, 0.29) is 48.6 Å². The minimum absolute atomic E-state index is 0.0314. The average Bonchev–Trinajstić information content (AvgIpc) is 2.80. The predicted molar refractivity (Wildman–Crippen MR) is 124 cm³/mol. The second-order valence-electron chi connectivity index (χ2n) is 9.28. The lowest BCUT2D eigenvalue weighted by Gasteiger charge is -2.50. The van der Waals surface area contributed by atoms with Gasteiger partial charge in [0.15, 0.2) is 0 Å². The Labute approximate surface area is 213 Å². The van der Waals surface area contributed by atoms with Crippen LogP contribution in [-0.2, 0) is 19.9 Å². The van der Waals surface area contributed by atoms with Crippen LogP contribution in [0.5, 0.6) is 0 Å². The van der Waals surface area contributed by atoms with Gasteiger partial charge in [-0.05, 0) is 54.2 Å². The first kappa shape index (κ1) is 26.5. The highest BCUT2D eigenvalue weighted by Gasteiger charge is 2.64. The predicted octanol–water partition coefficient (Wildman–Crippen LogP) is 5.04. The number of hydrogen-bond donors (Lipinski definition) is 1. The number of benzene rings is 2. The zero-order valence-corrected chi connectivity index (χ0v) is 20.9. The average molecular weight is 575 g/mol. The number of carbonyl (C=O) groups is 2. The van der Waals surface area contributed by atoms with Crippen molar-refractivity contribution >= 4 is 27.7 Å². The van der Waals surface area contributed by atoms with E-state index in [1.807, 2.05) is 0 Å². The number of piperidine rings is 2. The fourth-order valence-corrected chi connectivity index (χ4v) is 5.96. The van der Waals surface area contributed by atoms with Gasteiger partial charge in [0.2, 0.25) is 5.91 Å². The number of carbonyl (C=O) groups excluding carboxylic acids is 2. The Balaban J connectivity index is 1.64. The molecule has 2 heterocycles. The first-order valence-corrected chi connectivity index (χ1v) is 12.1. The Hall–Kier alpha value is -2.53. The van der Waals surface area contributed by atoms with Crippen LogP contribution in [0.25, 0.3) is 0 Å². The fraction of sp³-hybridized carbons (Fsp3) is 0.440. The molecule has 1 spiro atoms. The van der Waals surface area contributed by atoms with Crippen LogP contribution in [-0.4, -0.2) is 49.6 Å². The maximum atomic E-state index is 14.5. The minimum atomic E-state index is -5.18. The molecule has 2 aliphatic rings. The summed E-state index contributed by atoms with van der Waals surface area (Å²) in [6.45, 7) is 0.198. The molecule has 0 radical (unpaired) electrons. The van der Waals surface area contributed by atoms with Gasteiger partial charge in [-0.1, -0.05) is 28.1 Å². The lowest BCUT2D eigenvalue weighted by molar-refractivity contribution is -0.271. The molecule has 0 aromatic heterocycles. The molecule has 0 aliphatic carbocycles. The summed E-state index contributed by atoms with van der Waals surface area (Å²) in [5.41, 5.74) is -3.87. The molecule has 0 unspecified atom stereocenters. The molecule has 2 aromatic carbocycles. The van der Waals surface area contributed by atoms with Crippen LogP contribution in [0.1, 0.15) is 36.3 Å². The number of hydrogen-bond acceptors (Lipinski definition) is 3. The Morgan fingerprint density at radius 2 is 1.72 bits per heavy atom.